The Balaban J connectivity index is 1.76. The molecule has 104 valence electrons. The highest BCUT2D eigenvalue weighted by Crippen LogP contribution is 2.16. The average Bonchev–Trinajstić information content (AvgIpc) is 3.01. The summed E-state index contributed by atoms with van der Waals surface area (Å²) in [6.45, 7) is 0. The molecule has 0 radical (unpaired) electrons. The van der Waals surface area contributed by atoms with Gasteiger partial charge < -0.3 is 5.32 Å². The monoisotopic (exact) mass is 343 g/mol. The first-order valence-electron chi connectivity index (χ1n) is 6.11. The third-order valence-electron chi connectivity index (χ3n) is 2.73. The first kappa shape index (κ1) is 13.4. The molecule has 0 unspecified atom stereocenters. The van der Waals surface area contributed by atoms with Crippen LogP contribution in [0, 0.1) is 0 Å². The van der Waals surface area contributed by atoms with Gasteiger partial charge in [0.1, 0.15) is 6.33 Å². The normalized spacial score (nSPS) is 10.3. The zero-order valence-corrected chi connectivity index (χ0v) is 12.4. The lowest BCUT2D eigenvalue weighted by molar-refractivity contribution is 0.102. The lowest BCUT2D eigenvalue weighted by atomic mass is 10.3. The summed E-state index contributed by atoms with van der Waals surface area (Å²) in [7, 11) is 0. The molecule has 0 bridgehead atoms. The van der Waals surface area contributed by atoms with Crippen molar-refractivity contribution in [1.29, 1.82) is 0 Å². The molecular weight excluding hydrogens is 334 g/mol. The fraction of sp³-hybridized carbons (Fsp3) is 0. The Labute approximate surface area is 129 Å². The van der Waals surface area contributed by atoms with Gasteiger partial charge in [-0.05, 0) is 30.3 Å². The van der Waals surface area contributed by atoms with E-state index in [-0.39, 0.29) is 11.6 Å². The SMILES string of the molecule is O=C(Nc1cccc(Br)c1)c1ccc(-n2ccnc2)nn1. The number of imidazole rings is 1. The van der Waals surface area contributed by atoms with Crippen molar-refractivity contribution in [3.05, 3.63) is 65.3 Å². The number of aromatic nitrogens is 4. The molecule has 0 saturated carbocycles. The molecule has 7 heteroatoms. The minimum Gasteiger partial charge on any atom is -0.321 e. The van der Waals surface area contributed by atoms with Gasteiger partial charge in [0.25, 0.3) is 5.91 Å². The van der Waals surface area contributed by atoms with E-state index in [2.05, 4.69) is 36.4 Å². The van der Waals surface area contributed by atoms with Crippen LogP contribution in [0.2, 0.25) is 0 Å². The molecule has 0 aliphatic heterocycles. The van der Waals surface area contributed by atoms with Gasteiger partial charge in [0.15, 0.2) is 11.5 Å². The van der Waals surface area contributed by atoms with Crippen molar-refractivity contribution in [3.8, 4) is 5.82 Å². The predicted molar refractivity (Wildman–Crippen MR) is 81.2 cm³/mol. The summed E-state index contributed by atoms with van der Waals surface area (Å²) in [4.78, 5) is 16.0. The number of nitrogens with zero attached hydrogens (tertiary/aromatic N) is 4. The van der Waals surface area contributed by atoms with E-state index in [1.807, 2.05) is 18.2 Å². The Morgan fingerprint density at radius 2 is 2.10 bits per heavy atom. The number of hydrogen-bond donors (Lipinski definition) is 1. The Bertz CT molecular complexity index is 755. The van der Waals surface area contributed by atoms with Gasteiger partial charge in [-0.2, -0.15) is 0 Å². The highest BCUT2D eigenvalue weighted by Gasteiger charge is 2.09. The third-order valence-corrected chi connectivity index (χ3v) is 3.23. The number of amides is 1. The molecular formula is C14H10BrN5O. The van der Waals surface area contributed by atoms with Crippen LogP contribution in [-0.4, -0.2) is 25.7 Å². The van der Waals surface area contributed by atoms with Crippen molar-refractivity contribution in [2.75, 3.05) is 5.32 Å². The van der Waals surface area contributed by atoms with E-state index in [0.717, 1.165) is 4.47 Å². The number of anilines is 1. The van der Waals surface area contributed by atoms with Crippen LogP contribution in [-0.2, 0) is 0 Å². The smallest absolute Gasteiger partial charge is 0.276 e. The van der Waals surface area contributed by atoms with Crippen LogP contribution < -0.4 is 5.32 Å². The second-order valence-electron chi connectivity index (χ2n) is 4.21. The van der Waals surface area contributed by atoms with E-state index < -0.39 is 0 Å². The highest BCUT2D eigenvalue weighted by atomic mass is 79.9. The summed E-state index contributed by atoms with van der Waals surface area (Å²) in [6, 6.07) is 10.7. The number of benzene rings is 1. The molecule has 0 fully saturated rings. The summed E-state index contributed by atoms with van der Waals surface area (Å²) < 4.78 is 2.60. The average molecular weight is 344 g/mol. The minimum absolute atomic E-state index is 0.249. The molecule has 2 heterocycles. The summed E-state index contributed by atoms with van der Waals surface area (Å²) in [5.74, 6) is 0.296. The Morgan fingerprint density at radius 1 is 1.19 bits per heavy atom. The van der Waals surface area contributed by atoms with Crippen LogP contribution in [0.4, 0.5) is 5.69 Å². The Hall–Kier alpha value is -2.54. The maximum absolute atomic E-state index is 12.1. The van der Waals surface area contributed by atoms with Crippen molar-refractivity contribution >= 4 is 27.5 Å². The molecule has 1 aromatic carbocycles. The van der Waals surface area contributed by atoms with E-state index in [4.69, 9.17) is 0 Å². The summed E-state index contributed by atoms with van der Waals surface area (Å²) >= 11 is 3.35. The Morgan fingerprint density at radius 3 is 2.76 bits per heavy atom. The van der Waals surface area contributed by atoms with E-state index in [9.17, 15) is 4.79 Å². The fourth-order valence-electron chi connectivity index (χ4n) is 1.74. The lowest BCUT2D eigenvalue weighted by Gasteiger charge is -2.05. The van der Waals surface area contributed by atoms with Crippen molar-refractivity contribution < 1.29 is 4.79 Å². The second kappa shape index (κ2) is 5.84. The molecule has 0 aliphatic carbocycles. The van der Waals surface area contributed by atoms with Gasteiger partial charge in [0.05, 0.1) is 0 Å². The van der Waals surface area contributed by atoms with Crippen LogP contribution >= 0.6 is 15.9 Å². The maximum atomic E-state index is 12.1. The summed E-state index contributed by atoms with van der Waals surface area (Å²) in [5, 5.41) is 10.7. The van der Waals surface area contributed by atoms with Gasteiger partial charge in [0.2, 0.25) is 0 Å². The van der Waals surface area contributed by atoms with Crippen LogP contribution in [0.1, 0.15) is 10.5 Å². The van der Waals surface area contributed by atoms with Crippen LogP contribution in [0.3, 0.4) is 0 Å². The van der Waals surface area contributed by atoms with Crippen LogP contribution in [0.5, 0.6) is 0 Å². The number of carbonyl (C=O) groups is 1. The van der Waals surface area contributed by atoms with Gasteiger partial charge >= 0.3 is 0 Å². The molecule has 1 amide bonds. The van der Waals surface area contributed by atoms with E-state index >= 15 is 0 Å². The van der Waals surface area contributed by atoms with Gasteiger partial charge in [-0.3, -0.25) is 9.36 Å². The van der Waals surface area contributed by atoms with Crippen LogP contribution in [0.25, 0.3) is 5.82 Å². The number of nitrogens with one attached hydrogen (secondary N) is 1. The van der Waals surface area contributed by atoms with E-state index in [1.54, 1.807) is 41.5 Å². The molecule has 1 N–H and O–H groups in total. The van der Waals surface area contributed by atoms with Gasteiger partial charge in [-0.1, -0.05) is 22.0 Å². The summed E-state index contributed by atoms with van der Waals surface area (Å²) in [6.07, 6.45) is 5.02. The van der Waals surface area contributed by atoms with Crippen LogP contribution in [0.15, 0.2) is 59.6 Å². The topological polar surface area (TPSA) is 72.7 Å². The van der Waals surface area contributed by atoms with Crippen molar-refractivity contribution in [2.24, 2.45) is 0 Å². The zero-order valence-electron chi connectivity index (χ0n) is 10.8. The van der Waals surface area contributed by atoms with E-state index in [1.165, 1.54) is 0 Å². The largest absolute Gasteiger partial charge is 0.321 e. The fourth-order valence-corrected chi connectivity index (χ4v) is 2.14. The second-order valence-corrected chi connectivity index (χ2v) is 5.13. The maximum Gasteiger partial charge on any atom is 0.276 e. The molecule has 6 nitrogen and oxygen atoms in total. The van der Waals surface area contributed by atoms with Crippen molar-refractivity contribution in [3.63, 3.8) is 0 Å². The first-order chi connectivity index (χ1) is 10.2. The Kier molecular flexibility index (Phi) is 3.74. The van der Waals surface area contributed by atoms with Gasteiger partial charge in [-0.25, -0.2) is 4.98 Å². The predicted octanol–water partition coefficient (Wildman–Crippen LogP) is 2.68. The number of rotatable bonds is 3. The van der Waals surface area contributed by atoms with E-state index in [0.29, 0.717) is 11.5 Å². The van der Waals surface area contributed by atoms with Crippen molar-refractivity contribution in [1.82, 2.24) is 19.7 Å². The highest BCUT2D eigenvalue weighted by molar-refractivity contribution is 9.10. The molecule has 0 saturated heterocycles. The minimum atomic E-state index is -0.308. The number of halogens is 1. The first-order valence-corrected chi connectivity index (χ1v) is 6.91. The van der Waals surface area contributed by atoms with Gasteiger partial charge in [-0.15, -0.1) is 10.2 Å². The summed E-state index contributed by atoms with van der Waals surface area (Å²) in [5.41, 5.74) is 0.939. The third kappa shape index (κ3) is 3.14. The number of carbonyl (C=O) groups excluding carboxylic acids is 1. The standard InChI is InChI=1S/C14H10BrN5O/c15-10-2-1-3-11(8-10)17-14(21)12-4-5-13(19-18-12)20-7-6-16-9-20/h1-9H,(H,17,21). The molecule has 3 rings (SSSR count). The molecule has 0 atom stereocenters. The quantitative estimate of drug-likeness (QED) is 0.793. The zero-order chi connectivity index (χ0) is 14.7. The molecule has 0 spiro atoms. The van der Waals surface area contributed by atoms with Crippen molar-refractivity contribution in [2.45, 2.75) is 0 Å². The number of hydrogen-bond acceptors (Lipinski definition) is 4. The van der Waals surface area contributed by atoms with Gasteiger partial charge in [0, 0.05) is 22.6 Å². The molecule has 3 aromatic rings. The molecule has 2 aromatic heterocycles. The lowest BCUT2D eigenvalue weighted by Crippen LogP contribution is -2.14. The molecule has 0 aliphatic rings. The molecule has 21 heavy (non-hydrogen) atoms.